The van der Waals surface area contributed by atoms with E-state index in [4.69, 9.17) is 13.1 Å². The molecule has 0 N–H and O–H groups in total. The van der Waals surface area contributed by atoms with Gasteiger partial charge in [-0.05, 0) is 12.1 Å². The van der Waals surface area contributed by atoms with Crippen LogP contribution in [-0.4, -0.2) is 26.6 Å². The average molecular weight is 272 g/mol. The lowest BCUT2D eigenvalue weighted by atomic mass is 10.1. The molecule has 1 aromatic carbocycles. The minimum Gasteiger partial charge on any atom is -0.492 e. The molecule has 0 unspecified atom stereocenters. The van der Waals surface area contributed by atoms with Gasteiger partial charge < -0.3 is 13.1 Å². The standard InChI is InChI=1S/C11H12O4S2/c1-13-16-10-5-7-8(12)3-4-15-9(7)6-11(10)17-14-2/h5-6H,3-4H2,1-2H3. The third kappa shape index (κ3) is 2.77. The maximum Gasteiger partial charge on any atom is 0.170 e. The smallest absolute Gasteiger partial charge is 0.170 e. The average Bonchev–Trinajstić information content (AvgIpc) is 2.32. The molecule has 1 aliphatic heterocycles. The maximum absolute atomic E-state index is 11.7. The number of hydrogen-bond donors (Lipinski definition) is 0. The van der Waals surface area contributed by atoms with E-state index in [1.165, 1.54) is 24.1 Å². The molecule has 0 saturated heterocycles. The number of benzene rings is 1. The van der Waals surface area contributed by atoms with Gasteiger partial charge in [-0.25, -0.2) is 0 Å². The molecule has 1 heterocycles. The number of fused-ring (bicyclic) bond motifs is 1. The highest BCUT2D eigenvalue weighted by Gasteiger charge is 2.21. The van der Waals surface area contributed by atoms with Crippen LogP contribution < -0.4 is 4.74 Å². The molecule has 0 radical (unpaired) electrons. The van der Waals surface area contributed by atoms with Crippen LogP contribution in [0.4, 0.5) is 0 Å². The van der Waals surface area contributed by atoms with E-state index >= 15 is 0 Å². The van der Waals surface area contributed by atoms with Crippen LogP contribution in [0.25, 0.3) is 0 Å². The molecule has 1 aromatic rings. The van der Waals surface area contributed by atoms with Crippen LogP contribution in [0.1, 0.15) is 16.8 Å². The summed E-state index contributed by atoms with van der Waals surface area (Å²) in [5, 5.41) is 0. The van der Waals surface area contributed by atoms with Gasteiger partial charge in [0.05, 0.1) is 36.2 Å². The summed E-state index contributed by atoms with van der Waals surface area (Å²) in [7, 11) is 3.18. The van der Waals surface area contributed by atoms with Crippen molar-refractivity contribution in [2.45, 2.75) is 16.2 Å². The topological polar surface area (TPSA) is 44.8 Å². The predicted molar refractivity (Wildman–Crippen MR) is 66.6 cm³/mol. The van der Waals surface area contributed by atoms with E-state index in [0.29, 0.717) is 24.3 Å². The van der Waals surface area contributed by atoms with Gasteiger partial charge in [-0.1, -0.05) is 0 Å². The van der Waals surface area contributed by atoms with E-state index in [1.807, 2.05) is 6.07 Å². The van der Waals surface area contributed by atoms with Gasteiger partial charge in [0.15, 0.2) is 5.78 Å². The Morgan fingerprint density at radius 2 is 1.82 bits per heavy atom. The Balaban J connectivity index is 2.42. The summed E-state index contributed by atoms with van der Waals surface area (Å²) in [6, 6.07) is 3.62. The zero-order chi connectivity index (χ0) is 12.3. The Bertz CT molecular complexity index is 434. The van der Waals surface area contributed by atoms with Gasteiger partial charge in [-0.15, -0.1) is 0 Å². The molecule has 17 heavy (non-hydrogen) atoms. The van der Waals surface area contributed by atoms with Crippen LogP contribution in [0, 0.1) is 0 Å². The Morgan fingerprint density at radius 1 is 1.18 bits per heavy atom. The third-order valence-electron chi connectivity index (χ3n) is 2.28. The molecule has 92 valence electrons. The first-order valence-corrected chi connectivity index (χ1v) is 6.50. The monoisotopic (exact) mass is 272 g/mol. The summed E-state index contributed by atoms with van der Waals surface area (Å²) in [6.07, 6.45) is 0.431. The molecule has 2 rings (SSSR count). The van der Waals surface area contributed by atoms with E-state index in [-0.39, 0.29) is 5.78 Å². The summed E-state index contributed by atoms with van der Waals surface area (Å²) in [6.45, 7) is 0.444. The van der Waals surface area contributed by atoms with Gasteiger partial charge in [-0.2, -0.15) is 0 Å². The van der Waals surface area contributed by atoms with E-state index in [0.717, 1.165) is 9.79 Å². The van der Waals surface area contributed by atoms with Crippen molar-refractivity contribution >= 4 is 29.9 Å². The van der Waals surface area contributed by atoms with Crippen LogP contribution in [0.5, 0.6) is 5.75 Å². The fourth-order valence-corrected chi connectivity index (χ4v) is 2.74. The summed E-state index contributed by atoms with van der Waals surface area (Å²) in [4.78, 5) is 13.5. The largest absolute Gasteiger partial charge is 0.492 e. The number of ether oxygens (including phenoxy) is 1. The molecule has 0 fully saturated rings. The summed E-state index contributed by atoms with van der Waals surface area (Å²) >= 11 is 2.43. The van der Waals surface area contributed by atoms with Crippen molar-refractivity contribution in [1.82, 2.24) is 0 Å². The second-order valence-electron chi connectivity index (χ2n) is 3.32. The number of ketones is 1. The summed E-state index contributed by atoms with van der Waals surface area (Å²) in [5.74, 6) is 0.736. The first kappa shape index (κ1) is 12.8. The van der Waals surface area contributed by atoms with Crippen molar-refractivity contribution in [3.05, 3.63) is 17.7 Å². The number of Topliss-reactive ketones (excluding diaryl/α,β-unsaturated/α-hetero) is 1. The molecule has 0 atom stereocenters. The van der Waals surface area contributed by atoms with Gasteiger partial charge in [0, 0.05) is 30.5 Å². The Kier molecular flexibility index (Phi) is 4.33. The van der Waals surface area contributed by atoms with E-state index in [2.05, 4.69) is 0 Å². The van der Waals surface area contributed by atoms with E-state index in [9.17, 15) is 4.79 Å². The molecule has 6 heteroatoms. The number of carbonyl (C=O) groups excluding carboxylic acids is 1. The highest BCUT2D eigenvalue weighted by Crippen LogP contribution is 2.38. The number of carbonyl (C=O) groups is 1. The molecule has 4 nitrogen and oxygen atoms in total. The van der Waals surface area contributed by atoms with Crippen molar-refractivity contribution in [2.24, 2.45) is 0 Å². The lowest BCUT2D eigenvalue weighted by Gasteiger charge is -2.18. The van der Waals surface area contributed by atoms with Gasteiger partial charge >= 0.3 is 0 Å². The SMILES string of the molecule is COSc1cc2c(cc1SOC)C(=O)CCO2. The fraction of sp³-hybridized carbons (Fsp3) is 0.364. The maximum atomic E-state index is 11.7. The molecule has 0 saturated carbocycles. The van der Waals surface area contributed by atoms with Gasteiger partial charge in [0.2, 0.25) is 0 Å². The predicted octanol–water partition coefficient (Wildman–Crippen LogP) is 2.96. The van der Waals surface area contributed by atoms with Gasteiger partial charge in [-0.3, -0.25) is 4.79 Å². The Hall–Kier alpha value is -0.690. The lowest BCUT2D eigenvalue weighted by molar-refractivity contribution is 0.0932. The molecule has 0 spiro atoms. The molecule has 0 bridgehead atoms. The minimum atomic E-state index is 0.109. The molecular weight excluding hydrogens is 260 g/mol. The van der Waals surface area contributed by atoms with Gasteiger partial charge in [0.25, 0.3) is 0 Å². The van der Waals surface area contributed by atoms with Crippen molar-refractivity contribution in [3.63, 3.8) is 0 Å². The van der Waals surface area contributed by atoms with Crippen LogP contribution >= 0.6 is 24.1 Å². The first-order chi connectivity index (χ1) is 8.26. The summed E-state index contributed by atoms with van der Waals surface area (Å²) < 4.78 is 15.6. The van der Waals surface area contributed by atoms with Crippen molar-refractivity contribution in [3.8, 4) is 5.75 Å². The van der Waals surface area contributed by atoms with Crippen LogP contribution in [0.2, 0.25) is 0 Å². The molecule has 1 aliphatic rings. The Morgan fingerprint density at radius 3 is 2.47 bits per heavy atom. The summed E-state index contributed by atoms with van der Waals surface area (Å²) in [5.41, 5.74) is 0.622. The molecule has 0 aliphatic carbocycles. The van der Waals surface area contributed by atoms with Crippen LogP contribution in [0.3, 0.4) is 0 Å². The molecular formula is C11H12O4S2. The number of rotatable bonds is 4. The molecule has 0 aromatic heterocycles. The van der Waals surface area contributed by atoms with Crippen molar-refractivity contribution < 1.29 is 17.9 Å². The van der Waals surface area contributed by atoms with Crippen molar-refractivity contribution in [1.29, 1.82) is 0 Å². The number of hydrogen-bond acceptors (Lipinski definition) is 6. The first-order valence-electron chi connectivity index (χ1n) is 5.01. The molecule has 0 amide bonds. The second kappa shape index (κ2) is 5.77. The van der Waals surface area contributed by atoms with Crippen molar-refractivity contribution in [2.75, 3.05) is 20.8 Å². The van der Waals surface area contributed by atoms with Crippen LogP contribution in [-0.2, 0) is 8.37 Å². The third-order valence-corrected chi connectivity index (χ3v) is 3.78. The quantitative estimate of drug-likeness (QED) is 0.785. The van der Waals surface area contributed by atoms with E-state index < -0.39 is 0 Å². The Labute approximate surface area is 108 Å². The van der Waals surface area contributed by atoms with Gasteiger partial charge in [0.1, 0.15) is 5.75 Å². The second-order valence-corrected chi connectivity index (χ2v) is 5.20. The lowest BCUT2D eigenvalue weighted by Crippen LogP contribution is -2.15. The van der Waals surface area contributed by atoms with E-state index in [1.54, 1.807) is 20.3 Å². The highest BCUT2D eigenvalue weighted by molar-refractivity contribution is 7.97. The normalized spacial score (nSPS) is 14.4. The zero-order valence-electron chi connectivity index (χ0n) is 9.52. The highest BCUT2D eigenvalue weighted by atomic mass is 32.2. The fourth-order valence-electron chi connectivity index (χ4n) is 1.58. The minimum absolute atomic E-state index is 0.109. The zero-order valence-corrected chi connectivity index (χ0v) is 11.2. The van der Waals surface area contributed by atoms with Crippen LogP contribution in [0.15, 0.2) is 21.9 Å².